The quantitative estimate of drug-likeness (QED) is 0.724. The Bertz CT molecular complexity index is 360. The fourth-order valence-electron chi connectivity index (χ4n) is 2.22. The summed E-state index contributed by atoms with van der Waals surface area (Å²) in [6.45, 7) is 9.88. The molecule has 0 radical (unpaired) electrons. The number of ether oxygens (including phenoxy) is 1. The Balaban J connectivity index is 2.47. The van der Waals surface area contributed by atoms with E-state index in [-0.39, 0.29) is 11.9 Å². The Morgan fingerprint density at radius 2 is 1.79 bits per heavy atom. The lowest BCUT2D eigenvalue weighted by molar-refractivity contribution is -0.896. The fourth-order valence-corrected chi connectivity index (χ4v) is 2.22. The van der Waals surface area contributed by atoms with Crippen molar-refractivity contribution in [2.24, 2.45) is 0 Å². The molecular weight excluding hydrogens is 238 g/mol. The van der Waals surface area contributed by atoms with E-state index in [4.69, 9.17) is 4.74 Å². The van der Waals surface area contributed by atoms with E-state index in [0.29, 0.717) is 6.61 Å². The van der Waals surface area contributed by atoms with Crippen molar-refractivity contribution in [3.63, 3.8) is 0 Å². The zero-order valence-electron chi connectivity index (χ0n) is 12.3. The summed E-state index contributed by atoms with van der Waals surface area (Å²) in [5.41, 5.74) is 1.05. The predicted molar refractivity (Wildman–Crippen MR) is 77.3 cm³/mol. The highest BCUT2D eigenvalue weighted by Gasteiger charge is 2.20. The van der Waals surface area contributed by atoms with Gasteiger partial charge in [0.1, 0.15) is 13.2 Å². The molecule has 1 rings (SSSR count). The van der Waals surface area contributed by atoms with Crippen LogP contribution in [-0.2, 0) is 9.53 Å². The van der Waals surface area contributed by atoms with Crippen LogP contribution >= 0.6 is 0 Å². The van der Waals surface area contributed by atoms with Gasteiger partial charge in [-0.05, 0) is 25.8 Å². The molecule has 0 unspecified atom stereocenters. The van der Waals surface area contributed by atoms with E-state index in [1.165, 1.54) is 4.90 Å². The Kier molecular flexibility index (Phi) is 7.19. The van der Waals surface area contributed by atoms with Gasteiger partial charge in [0.15, 0.2) is 0 Å². The molecule has 1 N–H and O–H groups in total. The van der Waals surface area contributed by atoms with Crippen LogP contribution in [0.1, 0.15) is 38.7 Å². The molecule has 0 aliphatic carbocycles. The van der Waals surface area contributed by atoms with E-state index in [2.05, 4.69) is 13.8 Å². The SMILES string of the molecule is CC[C@H](C(=O)OCC[NH+](CC)CC)c1ccccc1. The van der Waals surface area contributed by atoms with Gasteiger partial charge < -0.3 is 9.64 Å². The maximum atomic E-state index is 12.1. The van der Waals surface area contributed by atoms with Crippen molar-refractivity contribution in [1.29, 1.82) is 0 Å². The maximum absolute atomic E-state index is 12.1. The van der Waals surface area contributed by atoms with Crippen LogP contribution in [0.4, 0.5) is 0 Å². The van der Waals surface area contributed by atoms with Gasteiger partial charge in [0.05, 0.1) is 19.0 Å². The minimum atomic E-state index is -0.132. The summed E-state index contributed by atoms with van der Waals surface area (Å²) in [6.07, 6.45) is 0.779. The van der Waals surface area contributed by atoms with Crippen molar-refractivity contribution in [2.75, 3.05) is 26.2 Å². The molecule has 0 amide bonds. The number of likely N-dealkylation sites (N-methyl/N-ethyl adjacent to an activating group) is 1. The van der Waals surface area contributed by atoms with Crippen LogP contribution in [0, 0.1) is 0 Å². The molecule has 0 saturated heterocycles. The highest BCUT2D eigenvalue weighted by Crippen LogP contribution is 2.20. The van der Waals surface area contributed by atoms with Gasteiger partial charge in [-0.15, -0.1) is 0 Å². The van der Waals surface area contributed by atoms with Gasteiger partial charge in [-0.1, -0.05) is 37.3 Å². The molecule has 1 aromatic carbocycles. The fraction of sp³-hybridized carbons (Fsp3) is 0.562. The Hall–Kier alpha value is -1.35. The van der Waals surface area contributed by atoms with Gasteiger partial charge in [0.2, 0.25) is 0 Å². The Morgan fingerprint density at radius 1 is 1.16 bits per heavy atom. The largest absolute Gasteiger partial charge is 0.459 e. The van der Waals surface area contributed by atoms with Gasteiger partial charge >= 0.3 is 5.97 Å². The van der Waals surface area contributed by atoms with E-state index >= 15 is 0 Å². The number of benzene rings is 1. The van der Waals surface area contributed by atoms with Gasteiger partial charge in [-0.2, -0.15) is 0 Å². The molecule has 0 spiro atoms. The first-order valence-electron chi connectivity index (χ1n) is 7.28. The van der Waals surface area contributed by atoms with E-state index in [9.17, 15) is 4.79 Å². The number of carbonyl (C=O) groups is 1. The number of esters is 1. The molecule has 3 nitrogen and oxygen atoms in total. The molecule has 106 valence electrons. The third-order valence-corrected chi connectivity index (χ3v) is 3.59. The predicted octanol–water partition coefficient (Wildman–Crippen LogP) is 1.65. The number of hydrogen-bond acceptors (Lipinski definition) is 2. The third kappa shape index (κ3) is 5.03. The van der Waals surface area contributed by atoms with Crippen molar-refractivity contribution in [3.8, 4) is 0 Å². The third-order valence-electron chi connectivity index (χ3n) is 3.59. The molecular formula is C16H26NO2+. The first kappa shape index (κ1) is 15.7. The minimum absolute atomic E-state index is 0.0970. The lowest BCUT2D eigenvalue weighted by Crippen LogP contribution is -3.11. The molecule has 0 aliphatic heterocycles. The van der Waals surface area contributed by atoms with Gasteiger partial charge in [-0.3, -0.25) is 4.79 Å². The second-order valence-corrected chi connectivity index (χ2v) is 4.75. The zero-order chi connectivity index (χ0) is 14.1. The highest BCUT2D eigenvalue weighted by molar-refractivity contribution is 5.78. The Labute approximate surface area is 116 Å². The second kappa shape index (κ2) is 8.70. The van der Waals surface area contributed by atoms with E-state index in [1.807, 2.05) is 37.3 Å². The van der Waals surface area contributed by atoms with Gasteiger partial charge in [0.25, 0.3) is 0 Å². The maximum Gasteiger partial charge on any atom is 0.313 e. The van der Waals surface area contributed by atoms with Crippen LogP contribution in [-0.4, -0.2) is 32.2 Å². The average Bonchev–Trinajstić information content (AvgIpc) is 2.45. The summed E-state index contributed by atoms with van der Waals surface area (Å²) in [5.74, 6) is -0.229. The van der Waals surface area contributed by atoms with E-state index in [1.54, 1.807) is 0 Å². The van der Waals surface area contributed by atoms with Gasteiger partial charge in [0, 0.05) is 0 Å². The molecule has 0 saturated carbocycles. The summed E-state index contributed by atoms with van der Waals surface area (Å²) in [6, 6.07) is 9.87. The van der Waals surface area contributed by atoms with Crippen molar-refractivity contribution in [1.82, 2.24) is 0 Å². The first-order valence-corrected chi connectivity index (χ1v) is 7.28. The molecule has 0 fully saturated rings. The number of nitrogens with one attached hydrogen (secondary N) is 1. The number of hydrogen-bond donors (Lipinski definition) is 1. The molecule has 0 aromatic heterocycles. The monoisotopic (exact) mass is 264 g/mol. The average molecular weight is 264 g/mol. The van der Waals surface area contributed by atoms with Crippen LogP contribution in [0.25, 0.3) is 0 Å². The molecule has 0 bridgehead atoms. The van der Waals surface area contributed by atoms with E-state index in [0.717, 1.165) is 31.6 Å². The second-order valence-electron chi connectivity index (χ2n) is 4.75. The van der Waals surface area contributed by atoms with Crippen LogP contribution in [0.2, 0.25) is 0 Å². The van der Waals surface area contributed by atoms with Crippen LogP contribution in [0.15, 0.2) is 30.3 Å². The first-order chi connectivity index (χ1) is 9.22. The number of rotatable bonds is 8. The van der Waals surface area contributed by atoms with E-state index < -0.39 is 0 Å². The number of carbonyl (C=O) groups excluding carboxylic acids is 1. The van der Waals surface area contributed by atoms with Crippen LogP contribution in [0.5, 0.6) is 0 Å². The summed E-state index contributed by atoms with van der Waals surface area (Å²) in [7, 11) is 0. The normalized spacial score (nSPS) is 12.4. The topological polar surface area (TPSA) is 30.7 Å². The van der Waals surface area contributed by atoms with Crippen molar-refractivity contribution in [3.05, 3.63) is 35.9 Å². The van der Waals surface area contributed by atoms with Gasteiger partial charge in [-0.25, -0.2) is 0 Å². The molecule has 0 heterocycles. The summed E-state index contributed by atoms with van der Waals surface area (Å²) in [5, 5.41) is 0. The molecule has 19 heavy (non-hydrogen) atoms. The minimum Gasteiger partial charge on any atom is -0.459 e. The zero-order valence-corrected chi connectivity index (χ0v) is 12.3. The standard InChI is InChI=1S/C16H25NO2/c1-4-15(14-10-8-7-9-11-14)16(18)19-13-12-17(5-2)6-3/h7-11,15H,4-6,12-13H2,1-3H3/p+1/t15-/m0/s1. The smallest absolute Gasteiger partial charge is 0.313 e. The summed E-state index contributed by atoms with van der Waals surface area (Å²) in [4.78, 5) is 13.6. The Morgan fingerprint density at radius 3 is 2.32 bits per heavy atom. The summed E-state index contributed by atoms with van der Waals surface area (Å²) >= 11 is 0. The van der Waals surface area contributed by atoms with Crippen molar-refractivity contribution >= 4 is 5.97 Å². The molecule has 3 heteroatoms. The molecule has 1 aromatic rings. The highest BCUT2D eigenvalue weighted by atomic mass is 16.5. The van der Waals surface area contributed by atoms with Crippen LogP contribution < -0.4 is 4.90 Å². The van der Waals surface area contributed by atoms with Crippen molar-refractivity contribution < 1.29 is 14.4 Å². The summed E-state index contributed by atoms with van der Waals surface area (Å²) < 4.78 is 5.42. The lowest BCUT2D eigenvalue weighted by atomic mass is 9.97. The van der Waals surface area contributed by atoms with Crippen molar-refractivity contribution in [2.45, 2.75) is 33.1 Å². The number of quaternary nitrogens is 1. The molecule has 1 atom stereocenters. The molecule has 0 aliphatic rings. The van der Waals surface area contributed by atoms with Crippen LogP contribution in [0.3, 0.4) is 0 Å². The lowest BCUT2D eigenvalue weighted by Gasteiger charge is -2.17.